The molecule has 1 fully saturated rings. The van der Waals surface area contributed by atoms with Crippen LogP contribution in [0.2, 0.25) is 5.02 Å². The van der Waals surface area contributed by atoms with Gasteiger partial charge < -0.3 is 15.1 Å². The van der Waals surface area contributed by atoms with E-state index in [2.05, 4.69) is 35.0 Å². The second-order valence-corrected chi connectivity index (χ2v) is 6.85. The second-order valence-electron chi connectivity index (χ2n) is 6.41. The molecule has 4 nitrogen and oxygen atoms in total. The van der Waals surface area contributed by atoms with Crippen LogP contribution in [-0.2, 0) is 4.79 Å². The Kier molecular flexibility index (Phi) is 7.86. The van der Waals surface area contributed by atoms with E-state index < -0.39 is 0 Å². The maximum Gasteiger partial charge on any atom is 0.223 e. The summed E-state index contributed by atoms with van der Waals surface area (Å²) in [6, 6.07) is 7.95. The predicted molar refractivity (Wildman–Crippen MR) is 102 cm³/mol. The Morgan fingerprint density at radius 2 is 2.00 bits per heavy atom. The summed E-state index contributed by atoms with van der Waals surface area (Å²) in [6.07, 6.45) is 2.84. The first kappa shape index (κ1) is 19.1. The van der Waals surface area contributed by atoms with Crippen molar-refractivity contribution in [2.24, 2.45) is 5.92 Å². The number of piperidine rings is 1. The molecule has 1 aliphatic heterocycles. The number of halogens is 1. The van der Waals surface area contributed by atoms with Gasteiger partial charge in [0.1, 0.15) is 0 Å². The molecule has 0 saturated carbocycles. The lowest BCUT2D eigenvalue weighted by Gasteiger charge is -2.33. The first-order chi connectivity index (χ1) is 11.6. The normalized spacial score (nSPS) is 15.8. The lowest BCUT2D eigenvalue weighted by Crippen LogP contribution is -2.41. The quantitative estimate of drug-likeness (QED) is 0.729. The topological polar surface area (TPSA) is 35.6 Å². The summed E-state index contributed by atoms with van der Waals surface area (Å²) in [7, 11) is 0. The molecule has 0 aromatic heterocycles. The Morgan fingerprint density at radius 1 is 1.29 bits per heavy atom. The molecular formula is C19H30ClN3O. The molecule has 0 atom stereocenters. The summed E-state index contributed by atoms with van der Waals surface area (Å²) in [5, 5.41) is 3.88. The summed E-state index contributed by atoms with van der Waals surface area (Å²) < 4.78 is 0. The van der Waals surface area contributed by atoms with Gasteiger partial charge in [0.05, 0.1) is 0 Å². The van der Waals surface area contributed by atoms with Crippen molar-refractivity contribution in [3.8, 4) is 0 Å². The minimum absolute atomic E-state index is 0.147. The Bertz CT molecular complexity index is 511. The fraction of sp³-hybridized carbons (Fsp3) is 0.632. The highest BCUT2D eigenvalue weighted by molar-refractivity contribution is 6.30. The average molecular weight is 352 g/mol. The summed E-state index contributed by atoms with van der Waals surface area (Å²) in [5.74, 6) is 0.370. The highest BCUT2D eigenvalue weighted by Crippen LogP contribution is 2.25. The molecule has 1 N–H and O–H groups in total. The molecule has 1 heterocycles. The van der Waals surface area contributed by atoms with Crippen LogP contribution < -0.4 is 10.2 Å². The number of rotatable bonds is 8. The van der Waals surface area contributed by atoms with Crippen LogP contribution in [0.25, 0.3) is 0 Å². The molecule has 0 bridgehead atoms. The van der Waals surface area contributed by atoms with Crippen molar-refractivity contribution in [2.45, 2.75) is 33.1 Å². The zero-order valence-corrected chi connectivity index (χ0v) is 15.7. The first-order valence-corrected chi connectivity index (χ1v) is 9.52. The van der Waals surface area contributed by atoms with E-state index in [0.717, 1.165) is 69.2 Å². The zero-order chi connectivity index (χ0) is 17.4. The number of amides is 1. The van der Waals surface area contributed by atoms with Crippen molar-refractivity contribution in [2.75, 3.05) is 44.2 Å². The molecule has 1 saturated heterocycles. The van der Waals surface area contributed by atoms with Gasteiger partial charge in [-0.15, -0.1) is 0 Å². The lowest BCUT2D eigenvalue weighted by molar-refractivity contribution is -0.125. The zero-order valence-electron chi connectivity index (χ0n) is 14.9. The van der Waals surface area contributed by atoms with E-state index in [0.29, 0.717) is 0 Å². The fourth-order valence-electron chi connectivity index (χ4n) is 3.27. The number of nitrogens with zero attached hydrogens (tertiary/aromatic N) is 2. The minimum atomic E-state index is 0.147. The highest BCUT2D eigenvalue weighted by atomic mass is 35.5. The Balaban J connectivity index is 1.69. The monoisotopic (exact) mass is 351 g/mol. The van der Waals surface area contributed by atoms with E-state index in [1.54, 1.807) is 0 Å². The third-order valence-corrected chi connectivity index (χ3v) is 5.12. The van der Waals surface area contributed by atoms with Gasteiger partial charge in [0.2, 0.25) is 5.91 Å². The lowest BCUT2D eigenvalue weighted by atomic mass is 9.95. The van der Waals surface area contributed by atoms with Crippen molar-refractivity contribution >= 4 is 23.2 Å². The van der Waals surface area contributed by atoms with Crippen LogP contribution in [0, 0.1) is 5.92 Å². The summed E-state index contributed by atoms with van der Waals surface area (Å²) in [4.78, 5) is 17.0. The van der Waals surface area contributed by atoms with Gasteiger partial charge in [0, 0.05) is 36.3 Å². The fourth-order valence-corrected chi connectivity index (χ4v) is 3.46. The Morgan fingerprint density at radius 3 is 2.62 bits per heavy atom. The first-order valence-electron chi connectivity index (χ1n) is 9.14. The molecule has 134 valence electrons. The molecule has 24 heavy (non-hydrogen) atoms. The number of nitrogens with one attached hydrogen (secondary N) is 1. The van der Waals surface area contributed by atoms with Crippen LogP contribution >= 0.6 is 11.6 Å². The summed E-state index contributed by atoms with van der Waals surface area (Å²) >= 11 is 6.06. The van der Waals surface area contributed by atoms with Crippen molar-refractivity contribution in [3.05, 3.63) is 29.3 Å². The second kappa shape index (κ2) is 9.90. The van der Waals surface area contributed by atoms with Gasteiger partial charge in [-0.05, 0) is 57.1 Å². The van der Waals surface area contributed by atoms with Crippen LogP contribution in [0.15, 0.2) is 24.3 Å². The van der Waals surface area contributed by atoms with Crippen molar-refractivity contribution in [1.29, 1.82) is 0 Å². The Hall–Kier alpha value is -1.26. The maximum atomic E-state index is 12.3. The molecule has 0 aliphatic carbocycles. The molecular weight excluding hydrogens is 322 g/mol. The van der Waals surface area contributed by atoms with Gasteiger partial charge in [-0.3, -0.25) is 4.79 Å². The number of carbonyl (C=O) groups is 1. The van der Waals surface area contributed by atoms with E-state index in [-0.39, 0.29) is 11.8 Å². The molecule has 0 unspecified atom stereocenters. The van der Waals surface area contributed by atoms with Gasteiger partial charge in [-0.2, -0.15) is 0 Å². The maximum absolute atomic E-state index is 12.3. The van der Waals surface area contributed by atoms with Crippen LogP contribution in [0.5, 0.6) is 0 Å². The number of carbonyl (C=O) groups excluding carboxylic acids is 1. The smallest absolute Gasteiger partial charge is 0.223 e. The van der Waals surface area contributed by atoms with Gasteiger partial charge in [0.25, 0.3) is 0 Å². The molecule has 1 aromatic rings. The van der Waals surface area contributed by atoms with E-state index in [9.17, 15) is 4.79 Å². The van der Waals surface area contributed by atoms with E-state index in [4.69, 9.17) is 11.6 Å². The predicted octanol–water partition coefficient (Wildman–Crippen LogP) is 3.40. The molecule has 1 aliphatic rings. The minimum Gasteiger partial charge on any atom is -0.371 e. The summed E-state index contributed by atoms with van der Waals surface area (Å²) in [6.45, 7) is 10.2. The SMILES string of the molecule is CCN(CC)CCCNC(=O)C1CCN(c2cccc(Cl)c2)CC1. The van der Waals surface area contributed by atoms with Crippen molar-refractivity contribution in [3.63, 3.8) is 0 Å². The van der Waals surface area contributed by atoms with Gasteiger partial charge in [0.15, 0.2) is 0 Å². The number of hydrogen-bond acceptors (Lipinski definition) is 3. The molecule has 0 spiro atoms. The highest BCUT2D eigenvalue weighted by Gasteiger charge is 2.24. The van der Waals surface area contributed by atoms with Crippen molar-refractivity contribution in [1.82, 2.24) is 10.2 Å². The number of benzene rings is 1. The third-order valence-electron chi connectivity index (χ3n) is 4.88. The van der Waals surface area contributed by atoms with Crippen LogP contribution in [0.1, 0.15) is 33.1 Å². The number of anilines is 1. The molecule has 2 rings (SSSR count). The van der Waals surface area contributed by atoms with Crippen LogP contribution in [-0.4, -0.2) is 50.1 Å². The largest absolute Gasteiger partial charge is 0.371 e. The van der Waals surface area contributed by atoms with Crippen LogP contribution in [0.4, 0.5) is 5.69 Å². The van der Waals surface area contributed by atoms with E-state index >= 15 is 0 Å². The molecule has 0 radical (unpaired) electrons. The van der Waals surface area contributed by atoms with Gasteiger partial charge >= 0.3 is 0 Å². The van der Waals surface area contributed by atoms with E-state index in [1.165, 1.54) is 0 Å². The molecule has 1 aromatic carbocycles. The Labute approximate surface area is 151 Å². The third kappa shape index (κ3) is 5.67. The van der Waals surface area contributed by atoms with Crippen molar-refractivity contribution < 1.29 is 4.79 Å². The number of hydrogen-bond donors (Lipinski definition) is 1. The standard InChI is InChI=1S/C19H30ClN3O/c1-3-22(4-2)12-6-11-21-19(24)16-9-13-23(14-10-16)18-8-5-7-17(20)15-18/h5,7-8,15-16H,3-4,6,9-14H2,1-2H3,(H,21,24). The summed E-state index contributed by atoms with van der Waals surface area (Å²) in [5.41, 5.74) is 1.15. The van der Waals surface area contributed by atoms with Gasteiger partial charge in [-0.25, -0.2) is 0 Å². The molecule has 5 heteroatoms. The van der Waals surface area contributed by atoms with Gasteiger partial charge in [-0.1, -0.05) is 31.5 Å². The van der Waals surface area contributed by atoms with Crippen LogP contribution in [0.3, 0.4) is 0 Å². The molecule has 1 amide bonds. The van der Waals surface area contributed by atoms with E-state index in [1.807, 2.05) is 18.2 Å². The average Bonchev–Trinajstić information content (AvgIpc) is 2.62.